The molecule has 0 aromatic heterocycles. The van der Waals surface area contributed by atoms with Crippen molar-refractivity contribution in [3.63, 3.8) is 0 Å². The lowest BCUT2D eigenvalue weighted by molar-refractivity contribution is -0.0843. The molecule has 1 aliphatic heterocycles. The van der Waals surface area contributed by atoms with E-state index in [2.05, 4.69) is 0 Å². The molecule has 70 valence electrons. The summed E-state index contributed by atoms with van der Waals surface area (Å²) >= 11 is 0. The molecule has 0 radical (unpaired) electrons. The highest BCUT2D eigenvalue weighted by atomic mass is 16.5. The molecule has 0 aromatic rings. The maximum atomic E-state index is 9.27. The number of hydrogen-bond donors (Lipinski definition) is 1. The van der Waals surface area contributed by atoms with Gasteiger partial charge in [0, 0.05) is 12.5 Å². The first-order chi connectivity index (χ1) is 5.92. The van der Waals surface area contributed by atoms with E-state index in [0.717, 1.165) is 19.1 Å². The van der Waals surface area contributed by atoms with Gasteiger partial charge in [-0.25, -0.2) is 0 Å². The predicted octanol–water partition coefficient (Wildman–Crippen LogP) is 1.43. The first kappa shape index (κ1) is 8.52. The second kappa shape index (κ2) is 3.75. The third-order valence-electron chi connectivity index (χ3n) is 3.49. The van der Waals surface area contributed by atoms with Gasteiger partial charge in [0.2, 0.25) is 0 Å². The fraction of sp³-hybridized carbons (Fsp3) is 1.00. The van der Waals surface area contributed by atoms with E-state index in [9.17, 15) is 5.11 Å². The summed E-state index contributed by atoms with van der Waals surface area (Å²) in [4.78, 5) is 0. The molecule has 1 saturated carbocycles. The topological polar surface area (TPSA) is 29.5 Å². The summed E-state index contributed by atoms with van der Waals surface area (Å²) in [6.07, 6.45) is 5.41. The van der Waals surface area contributed by atoms with Gasteiger partial charge in [-0.15, -0.1) is 0 Å². The van der Waals surface area contributed by atoms with E-state index in [1.807, 2.05) is 0 Å². The third kappa shape index (κ3) is 1.50. The molecule has 1 unspecified atom stereocenters. The molecule has 2 heteroatoms. The molecular formula is C10H18O2. The molecule has 12 heavy (non-hydrogen) atoms. The fourth-order valence-electron chi connectivity index (χ4n) is 2.57. The molecule has 1 N–H and O–H groups in total. The Labute approximate surface area is 73.9 Å². The number of hydrogen-bond acceptors (Lipinski definition) is 2. The minimum absolute atomic E-state index is 0.374. The van der Waals surface area contributed by atoms with Crippen LogP contribution >= 0.6 is 0 Å². The van der Waals surface area contributed by atoms with E-state index in [1.54, 1.807) is 0 Å². The normalized spacial score (nSPS) is 28.8. The quantitative estimate of drug-likeness (QED) is 0.694. The summed E-state index contributed by atoms with van der Waals surface area (Å²) in [5.41, 5.74) is 0. The van der Waals surface area contributed by atoms with Crippen molar-refractivity contribution in [3.05, 3.63) is 0 Å². The Morgan fingerprint density at radius 1 is 1.17 bits per heavy atom. The molecule has 1 aliphatic carbocycles. The van der Waals surface area contributed by atoms with E-state index < -0.39 is 0 Å². The number of aliphatic hydroxyl groups excluding tert-OH is 1. The lowest BCUT2D eigenvalue weighted by Crippen LogP contribution is -2.39. The summed E-state index contributed by atoms with van der Waals surface area (Å²) in [6.45, 7) is 2.15. The predicted molar refractivity (Wildman–Crippen MR) is 46.8 cm³/mol. The Balaban J connectivity index is 1.87. The van der Waals surface area contributed by atoms with Crippen molar-refractivity contribution in [1.29, 1.82) is 0 Å². The first-order valence-electron chi connectivity index (χ1n) is 5.10. The van der Waals surface area contributed by atoms with Crippen LogP contribution in [0.15, 0.2) is 0 Å². The minimum atomic E-state index is 0.374. The third-order valence-corrected chi connectivity index (χ3v) is 3.49. The van der Waals surface area contributed by atoms with Gasteiger partial charge in [-0.2, -0.15) is 0 Å². The number of ether oxygens (including phenoxy) is 1. The Kier molecular flexibility index (Phi) is 2.66. The molecule has 1 atom stereocenters. The molecule has 2 nitrogen and oxygen atoms in total. The molecule has 0 amide bonds. The monoisotopic (exact) mass is 170 g/mol. The van der Waals surface area contributed by atoms with Gasteiger partial charge in [0.15, 0.2) is 0 Å². The number of rotatable bonds is 3. The van der Waals surface area contributed by atoms with Crippen molar-refractivity contribution in [1.82, 2.24) is 0 Å². The summed E-state index contributed by atoms with van der Waals surface area (Å²) < 4.78 is 5.17. The van der Waals surface area contributed by atoms with Crippen LogP contribution in [0.5, 0.6) is 0 Å². The van der Waals surface area contributed by atoms with Crippen molar-refractivity contribution in [3.8, 4) is 0 Å². The van der Waals surface area contributed by atoms with Gasteiger partial charge < -0.3 is 9.84 Å². The number of aliphatic hydroxyl groups is 1. The highest BCUT2D eigenvalue weighted by Crippen LogP contribution is 2.37. The van der Waals surface area contributed by atoms with Crippen LogP contribution in [0.2, 0.25) is 0 Å². The lowest BCUT2D eigenvalue weighted by Gasteiger charge is -2.36. The average molecular weight is 170 g/mol. The zero-order chi connectivity index (χ0) is 8.39. The van der Waals surface area contributed by atoms with Crippen molar-refractivity contribution >= 4 is 0 Å². The molecule has 2 rings (SSSR count). The van der Waals surface area contributed by atoms with Crippen LogP contribution in [0.4, 0.5) is 0 Å². The van der Waals surface area contributed by atoms with Crippen LogP contribution in [-0.4, -0.2) is 24.9 Å². The van der Waals surface area contributed by atoms with Gasteiger partial charge in [-0.1, -0.05) is 25.7 Å². The Morgan fingerprint density at radius 2 is 1.83 bits per heavy atom. The smallest absolute Gasteiger partial charge is 0.0520 e. The molecule has 1 heterocycles. The largest absolute Gasteiger partial charge is 0.396 e. The molecule has 2 aliphatic rings. The minimum Gasteiger partial charge on any atom is -0.396 e. The van der Waals surface area contributed by atoms with Crippen molar-refractivity contribution in [2.75, 3.05) is 19.8 Å². The van der Waals surface area contributed by atoms with Crippen LogP contribution in [0.3, 0.4) is 0 Å². The molecule has 0 spiro atoms. The SMILES string of the molecule is OCC(C1CCCC1)C1COC1. The van der Waals surface area contributed by atoms with E-state index in [1.165, 1.54) is 25.7 Å². The van der Waals surface area contributed by atoms with Crippen LogP contribution in [0.25, 0.3) is 0 Å². The Hall–Kier alpha value is -0.0800. The lowest BCUT2D eigenvalue weighted by atomic mass is 9.80. The molecular weight excluding hydrogens is 152 g/mol. The second-order valence-electron chi connectivity index (χ2n) is 4.19. The first-order valence-corrected chi connectivity index (χ1v) is 5.10. The summed E-state index contributed by atoms with van der Waals surface area (Å²) in [7, 11) is 0. The molecule has 0 bridgehead atoms. The van der Waals surface area contributed by atoms with Gasteiger partial charge >= 0.3 is 0 Å². The summed E-state index contributed by atoms with van der Waals surface area (Å²) in [5.74, 6) is 2.00. The Morgan fingerprint density at radius 3 is 2.25 bits per heavy atom. The highest BCUT2D eigenvalue weighted by molar-refractivity contribution is 4.83. The van der Waals surface area contributed by atoms with E-state index in [-0.39, 0.29) is 0 Å². The Bertz CT molecular complexity index is 137. The van der Waals surface area contributed by atoms with Gasteiger partial charge in [-0.05, 0) is 11.8 Å². The zero-order valence-electron chi connectivity index (χ0n) is 7.54. The van der Waals surface area contributed by atoms with Crippen LogP contribution < -0.4 is 0 Å². The second-order valence-corrected chi connectivity index (χ2v) is 4.19. The molecule has 1 saturated heterocycles. The average Bonchev–Trinajstić information content (AvgIpc) is 2.47. The van der Waals surface area contributed by atoms with Gasteiger partial charge in [-0.3, -0.25) is 0 Å². The van der Waals surface area contributed by atoms with Crippen molar-refractivity contribution in [2.45, 2.75) is 25.7 Å². The zero-order valence-corrected chi connectivity index (χ0v) is 7.54. The van der Waals surface area contributed by atoms with Crippen LogP contribution in [0, 0.1) is 17.8 Å². The van der Waals surface area contributed by atoms with Crippen LogP contribution in [-0.2, 0) is 4.74 Å². The highest BCUT2D eigenvalue weighted by Gasteiger charge is 2.34. The van der Waals surface area contributed by atoms with Gasteiger partial charge in [0.05, 0.1) is 13.2 Å². The summed E-state index contributed by atoms with van der Waals surface area (Å²) in [5, 5.41) is 9.27. The van der Waals surface area contributed by atoms with E-state index in [0.29, 0.717) is 18.4 Å². The van der Waals surface area contributed by atoms with E-state index in [4.69, 9.17) is 4.74 Å². The van der Waals surface area contributed by atoms with Crippen molar-refractivity contribution in [2.24, 2.45) is 17.8 Å². The van der Waals surface area contributed by atoms with Gasteiger partial charge in [0.1, 0.15) is 0 Å². The van der Waals surface area contributed by atoms with Crippen molar-refractivity contribution < 1.29 is 9.84 Å². The van der Waals surface area contributed by atoms with E-state index >= 15 is 0 Å². The standard InChI is InChI=1S/C10H18O2/c11-5-10(9-6-12-7-9)8-3-1-2-4-8/h8-11H,1-7H2. The molecule has 0 aromatic carbocycles. The van der Waals surface area contributed by atoms with Crippen LogP contribution in [0.1, 0.15) is 25.7 Å². The van der Waals surface area contributed by atoms with Gasteiger partial charge in [0.25, 0.3) is 0 Å². The maximum Gasteiger partial charge on any atom is 0.0520 e. The summed E-state index contributed by atoms with van der Waals surface area (Å²) in [6, 6.07) is 0. The molecule has 2 fully saturated rings. The fourth-order valence-corrected chi connectivity index (χ4v) is 2.57. The maximum absolute atomic E-state index is 9.27.